The first-order valence-electron chi connectivity index (χ1n) is 6.22. The Balaban J connectivity index is 2.14. The molecular weight excluding hydrogens is 342 g/mol. The first kappa shape index (κ1) is 15.2. The van der Waals surface area contributed by atoms with E-state index in [2.05, 4.69) is 45.1 Å². The smallest absolute Gasteiger partial charge is 0.219 e. The summed E-state index contributed by atoms with van der Waals surface area (Å²) >= 11 is 9.48. The van der Waals surface area contributed by atoms with Gasteiger partial charge in [-0.1, -0.05) is 25.4 Å². The van der Waals surface area contributed by atoms with Crippen LogP contribution in [0.25, 0.3) is 0 Å². The quantitative estimate of drug-likeness (QED) is 0.873. The SMILES string of the molecule is CC(C)NCc1nc(Oc2cncc(Br)c2)ccc1Cl. The van der Waals surface area contributed by atoms with Crippen LogP contribution in [0.1, 0.15) is 19.5 Å². The second-order valence-corrected chi connectivity index (χ2v) is 5.88. The van der Waals surface area contributed by atoms with E-state index in [9.17, 15) is 0 Å². The Morgan fingerprint density at radius 3 is 2.85 bits per heavy atom. The van der Waals surface area contributed by atoms with Crippen LogP contribution in [0.15, 0.2) is 35.1 Å². The van der Waals surface area contributed by atoms with Gasteiger partial charge in [0.15, 0.2) is 0 Å². The fraction of sp³-hybridized carbons (Fsp3) is 0.286. The zero-order chi connectivity index (χ0) is 14.5. The highest BCUT2D eigenvalue weighted by Crippen LogP contribution is 2.24. The number of nitrogens with zero attached hydrogens (tertiary/aromatic N) is 2. The van der Waals surface area contributed by atoms with Crippen LogP contribution in [0.4, 0.5) is 0 Å². The van der Waals surface area contributed by atoms with Crippen molar-refractivity contribution in [2.24, 2.45) is 0 Å². The van der Waals surface area contributed by atoms with E-state index in [4.69, 9.17) is 16.3 Å². The normalized spacial score (nSPS) is 10.8. The lowest BCUT2D eigenvalue weighted by molar-refractivity contribution is 0.456. The number of pyridine rings is 2. The van der Waals surface area contributed by atoms with Gasteiger partial charge in [-0.3, -0.25) is 4.98 Å². The summed E-state index contributed by atoms with van der Waals surface area (Å²) in [5.74, 6) is 1.12. The van der Waals surface area contributed by atoms with Crippen LogP contribution in [-0.4, -0.2) is 16.0 Å². The molecular formula is C14H15BrClN3O. The summed E-state index contributed by atoms with van der Waals surface area (Å²) in [6.45, 7) is 4.74. The van der Waals surface area contributed by atoms with Gasteiger partial charge < -0.3 is 10.1 Å². The molecule has 0 aliphatic rings. The topological polar surface area (TPSA) is 47.0 Å². The zero-order valence-electron chi connectivity index (χ0n) is 11.2. The minimum Gasteiger partial charge on any atom is -0.437 e. The van der Waals surface area contributed by atoms with Gasteiger partial charge in [0.25, 0.3) is 0 Å². The first-order valence-corrected chi connectivity index (χ1v) is 7.39. The molecule has 0 saturated carbocycles. The van der Waals surface area contributed by atoms with Gasteiger partial charge in [0.2, 0.25) is 5.88 Å². The number of nitrogens with one attached hydrogen (secondary N) is 1. The van der Waals surface area contributed by atoms with Gasteiger partial charge in [-0.05, 0) is 28.1 Å². The Labute approximate surface area is 131 Å². The summed E-state index contributed by atoms with van der Waals surface area (Å²) in [5, 5.41) is 3.90. The van der Waals surface area contributed by atoms with Crippen molar-refractivity contribution < 1.29 is 4.74 Å². The predicted molar refractivity (Wildman–Crippen MR) is 83.2 cm³/mol. The molecule has 0 aliphatic carbocycles. The third-order valence-corrected chi connectivity index (χ3v) is 3.25. The number of aromatic nitrogens is 2. The molecule has 0 saturated heterocycles. The van der Waals surface area contributed by atoms with E-state index in [0.717, 1.165) is 10.2 Å². The number of rotatable bonds is 5. The maximum atomic E-state index is 6.13. The molecule has 0 amide bonds. The lowest BCUT2D eigenvalue weighted by Crippen LogP contribution is -2.22. The van der Waals surface area contributed by atoms with E-state index in [0.29, 0.717) is 29.2 Å². The number of hydrogen-bond donors (Lipinski definition) is 1. The third kappa shape index (κ3) is 4.44. The summed E-state index contributed by atoms with van der Waals surface area (Å²) in [4.78, 5) is 8.45. The second-order valence-electron chi connectivity index (χ2n) is 4.55. The molecule has 2 aromatic rings. The van der Waals surface area contributed by atoms with Crippen LogP contribution in [0.3, 0.4) is 0 Å². The molecule has 0 fully saturated rings. The summed E-state index contributed by atoms with van der Waals surface area (Å²) in [6, 6.07) is 5.72. The first-order chi connectivity index (χ1) is 9.54. The molecule has 0 aliphatic heterocycles. The van der Waals surface area contributed by atoms with Crippen molar-refractivity contribution in [3.63, 3.8) is 0 Å². The van der Waals surface area contributed by atoms with Crippen LogP contribution in [0, 0.1) is 0 Å². The van der Waals surface area contributed by atoms with E-state index in [1.807, 2.05) is 6.07 Å². The van der Waals surface area contributed by atoms with Gasteiger partial charge in [-0.25, -0.2) is 4.98 Å². The van der Waals surface area contributed by atoms with Crippen molar-refractivity contribution in [3.05, 3.63) is 45.8 Å². The molecule has 6 heteroatoms. The van der Waals surface area contributed by atoms with Crippen molar-refractivity contribution in [3.8, 4) is 11.6 Å². The van der Waals surface area contributed by atoms with Crippen molar-refractivity contribution in [1.82, 2.24) is 15.3 Å². The van der Waals surface area contributed by atoms with Crippen LogP contribution in [-0.2, 0) is 6.54 Å². The van der Waals surface area contributed by atoms with Crippen LogP contribution < -0.4 is 10.1 Å². The van der Waals surface area contributed by atoms with Crippen LogP contribution >= 0.6 is 27.5 Å². The Kier molecular flexibility index (Phi) is 5.34. The molecule has 2 heterocycles. The lowest BCUT2D eigenvalue weighted by atomic mass is 10.3. The van der Waals surface area contributed by atoms with Crippen LogP contribution in [0.2, 0.25) is 5.02 Å². The Bertz CT molecular complexity index is 592. The number of hydrogen-bond acceptors (Lipinski definition) is 4. The maximum absolute atomic E-state index is 6.13. The largest absolute Gasteiger partial charge is 0.437 e. The molecule has 2 aromatic heterocycles. The molecule has 0 atom stereocenters. The van der Waals surface area contributed by atoms with E-state index >= 15 is 0 Å². The Morgan fingerprint density at radius 1 is 1.35 bits per heavy atom. The Hall–Kier alpha value is -1.17. The van der Waals surface area contributed by atoms with E-state index in [1.165, 1.54) is 0 Å². The monoisotopic (exact) mass is 355 g/mol. The highest BCUT2D eigenvalue weighted by Gasteiger charge is 2.07. The summed E-state index contributed by atoms with van der Waals surface area (Å²) in [7, 11) is 0. The zero-order valence-corrected chi connectivity index (χ0v) is 13.6. The maximum Gasteiger partial charge on any atom is 0.219 e. The van der Waals surface area contributed by atoms with Crippen molar-refractivity contribution in [2.45, 2.75) is 26.4 Å². The average Bonchev–Trinajstić information content (AvgIpc) is 2.39. The molecule has 1 N–H and O–H groups in total. The number of ether oxygens (including phenoxy) is 1. The summed E-state index contributed by atoms with van der Waals surface area (Å²) in [6.07, 6.45) is 3.33. The third-order valence-electron chi connectivity index (χ3n) is 2.47. The highest BCUT2D eigenvalue weighted by molar-refractivity contribution is 9.10. The molecule has 4 nitrogen and oxygen atoms in total. The van der Waals surface area contributed by atoms with Gasteiger partial charge in [-0.2, -0.15) is 0 Å². The minimum absolute atomic E-state index is 0.367. The standard InChI is InChI=1S/C14H15BrClN3O/c1-9(2)18-8-13-12(16)3-4-14(19-13)20-11-5-10(15)6-17-7-11/h3-7,9,18H,8H2,1-2H3. The summed E-state index contributed by atoms with van der Waals surface area (Å²) in [5.41, 5.74) is 0.765. The van der Waals surface area contributed by atoms with E-state index in [1.54, 1.807) is 24.5 Å². The average molecular weight is 357 g/mol. The van der Waals surface area contributed by atoms with Gasteiger partial charge >= 0.3 is 0 Å². The second kappa shape index (κ2) is 7.02. The molecule has 20 heavy (non-hydrogen) atoms. The van der Waals surface area contributed by atoms with E-state index in [-0.39, 0.29) is 0 Å². The molecule has 0 radical (unpaired) electrons. The van der Waals surface area contributed by atoms with Gasteiger partial charge in [-0.15, -0.1) is 0 Å². The number of halogens is 2. The Morgan fingerprint density at radius 2 is 2.15 bits per heavy atom. The van der Waals surface area contributed by atoms with Crippen molar-refractivity contribution in [1.29, 1.82) is 0 Å². The van der Waals surface area contributed by atoms with Gasteiger partial charge in [0, 0.05) is 29.3 Å². The van der Waals surface area contributed by atoms with Gasteiger partial charge in [0.1, 0.15) is 5.75 Å². The molecule has 0 aromatic carbocycles. The summed E-state index contributed by atoms with van der Waals surface area (Å²) < 4.78 is 6.52. The van der Waals surface area contributed by atoms with E-state index < -0.39 is 0 Å². The fourth-order valence-corrected chi connectivity index (χ4v) is 2.03. The fourth-order valence-electron chi connectivity index (χ4n) is 1.51. The van der Waals surface area contributed by atoms with Crippen molar-refractivity contribution >= 4 is 27.5 Å². The molecule has 106 valence electrons. The minimum atomic E-state index is 0.367. The molecule has 2 rings (SSSR count). The van der Waals surface area contributed by atoms with Crippen LogP contribution in [0.5, 0.6) is 11.6 Å². The van der Waals surface area contributed by atoms with Crippen molar-refractivity contribution in [2.75, 3.05) is 0 Å². The highest BCUT2D eigenvalue weighted by atomic mass is 79.9. The molecule has 0 unspecified atom stereocenters. The molecule has 0 spiro atoms. The van der Waals surface area contributed by atoms with Gasteiger partial charge in [0.05, 0.1) is 16.9 Å². The lowest BCUT2D eigenvalue weighted by Gasteiger charge is -2.11. The molecule has 0 bridgehead atoms. The predicted octanol–water partition coefficient (Wildman–Crippen LogP) is 4.18.